The minimum atomic E-state index is -3.03. The molecule has 2 rings (SSSR count). The Bertz CT molecular complexity index is 548. The molecule has 1 fully saturated rings. The second kappa shape index (κ2) is 5.20. The van der Waals surface area contributed by atoms with Gasteiger partial charge < -0.3 is 4.74 Å². The number of carbonyl (C=O) groups excluding carboxylic acids is 1. The highest BCUT2D eigenvalue weighted by molar-refractivity contribution is 7.91. The van der Waals surface area contributed by atoms with Gasteiger partial charge in [-0.05, 0) is 12.0 Å². The molecule has 1 heterocycles. The van der Waals surface area contributed by atoms with Crippen molar-refractivity contribution in [3.63, 3.8) is 0 Å². The van der Waals surface area contributed by atoms with E-state index in [1.165, 1.54) is 0 Å². The number of rotatable bonds is 4. The van der Waals surface area contributed by atoms with Crippen LogP contribution >= 0.6 is 0 Å². The van der Waals surface area contributed by atoms with E-state index >= 15 is 0 Å². The van der Waals surface area contributed by atoms with E-state index in [2.05, 4.69) is 0 Å². The number of benzene rings is 1. The lowest BCUT2D eigenvalue weighted by Gasteiger charge is -2.11. The summed E-state index contributed by atoms with van der Waals surface area (Å²) in [4.78, 5) is 12.3. The molecule has 0 aliphatic carbocycles. The molecule has 0 bridgehead atoms. The minimum Gasteiger partial charge on any atom is -0.380 e. The highest BCUT2D eigenvalue weighted by Gasteiger charge is 2.33. The van der Waals surface area contributed by atoms with E-state index in [9.17, 15) is 13.2 Å². The van der Waals surface area contributed by atoms with Crippen molar-refractivity contribution in [2.24, 2.45) is 5.92 Å². The maximum Gasteiger partial charge on any atom is 0.167 e. The van der Waals surface area contributed by atoms with Crippen LogP contribution in [0.2, 0.25) is 0 Å². The molecule has 0 spiro atoms. The van der Waals surface area contributed by atoms with Crippen molar-refractivity contribution >= 4 is 15.6 Å². The molecule has 1 aromatic rings. The van der Waals surface area contributed by atoms with Crippen molar-refractivity contribution in [2.45, 2.75) is 13.0 Å². The third-order valence-corrected chi connectivity index (χ3v) is 4.95. The summed E-state index contributed by atoms with van der Waals surface area (Å²) in [5, 5.41) is 0. The zero-order valence-corrected chi connectivity index (χ0v) is 11.1. The second-order valence-corrected chi connectivity index (χ2v) is 6.78. The van der Waals surface area contributed by atoms with E-state index in [4.69, 9.17) is 4.74 Å². The van der Waals surface area contributed by atoms with E-state index in [0.717, 1.165) is 5.56 Å². The second-order valence-electron chi connectivity index (χ2n) is 4.55. The van der Waals surface area contributed by atoms with Crippen LogP contribution in [0.3, 0.4) is 0 Å². The molecule has 1 aromatic carbocycles. The topological polar surface area (TPSA) is 60.4 Å². The van der Waals surface area contributed by atoms with Gasteiger partial charge in [0, 0.05) is 18.6 Å². The highest BCUT2D eigenvalue weighted by atomic mass is 32.2. The van der Waals surface area contributed by atoms with Crippen LogP contribution in [0.5, 0.6) is 0 Å². The van der Waals surface area contributed by atoms with E-state index < -0.39 is 15.8 Å². The van der Waals surface area contributed by atoms with E-state index in [1.54, 1.807) is 19.2 Å². The Hall–Kier alpha value is -1.20. The van der Waals surface area contributed by atoms with Gasteiger partial charge in [0.1, 0.15) is 0 Å². The van der Waals surface area contributed by atoms with Gasteiger partial charge in [0.05, 0.1) is 18.1 Å². The molecule has 4 nitrogen and oxygen atoms in total. The average molecular weight is 268 g/mol. The molecule has 1 aliphatic heterocycles. The Balaban J connectivity index is 2.24. The molecular weight excluding hydrogens is 252 g/mol. The zero-order chi connectivity index (χ0) is 13.2. The van der Waals surface area contributed by atoms with Crippen molar-refractivity contribution in [3.8, 4) is 0 Å². The monoisotopic (exact) mass is 268 g/mol. The molecule has 0 aromatic heterocycles. The molecule has 1 unspecified atom stereocenters. The zero-order valence-electron chi connectivity index (χ0n) is 10.3. The van der Waals surface area contributed by atoms with Crippen LogP contribution in [-0.4, -0.2) is 32.8 Å². The molecular formula is C13H16O4S. The first-order valence-corrected chi connectivity index (χ1v) is 7.67. The number of Topliss-reactive ketones (excluding diaryl/α,β-unsaturated/α-hetero) is 1. The summed E-state index contributed by atoms with van der Waals surface area (Å²) in [7, 11) is -1.45. The van der Waals surface area contributed by atoms with E-state index in [-0.39, 0.29) is 17.3 Å². The fourth-order valence-electron chi connectivity index (χ4n) is 2.26. The normalized spacial score (nSPS) is 21.9. The Labute approximate surface area is 107 Å². The lowest BCUT2D eigenvalue weighted by atomic mass is 9.94. The van der Waals surface area contributed by atoms with Crippen LogP contribution in [0.1, 0.15) is 22.3 Å². The van der Waals surface area contributed by atoms with Crippen LogP contribution in [0.15, 0.2) is 24.3 Å². The summed E-state index contributed by atoms with van der Waals surface area (Å²) in [6, 6.07) is 7.20. The molecule has 0 radical (unpaired) electrons. The third-order valence-electron chi connectivity index (χ3n) is 3.19. The number of hydrogen-bond donors (Lipinski definition) is 0. The summed E-state index contributed by atoms with van der Waals surface area (Å²) in [6.45, 7) is 0.362. The quantitative estimate of drug-likeness (QED) is 0.775. The number of carbonyl (C=O) groups is 1. The molecule has 1 saturated heterocycles. The first-order valence-electron chi connectivity index (χ1n) is 5.85. The summed E-state index contributed by atoms with van der Waals surface area (Å²) >= 11 is 0. The first-order chi connectivity index (χ1) is 8.53. The Morgan fingerprint density at radius 2 is 2.11 bits per heavy atom. The van der Waals surface area contributed by atoms with Crippen LogP contribution in [0.4, 0.5) is 0 Å². The number of sulfone groups is 1. The van der Waals surface area contributed by atoms with Crippen LogP contribution in [0, 0.1) is 5.92 Å². The van der Waals surface area contributed by atoms with Crippen molar-refractivity contribution in [3.05, 3.63) is 35.4 Å². The standard InChI is InChI=1S/C13H16O4S/c1-17-8-10-4-2-3-5-12(10)13(14)11-6-7-18(15,16)9-11/h2-5,11H,6-9H2,1H3. The molecule has 0 amide bonds. The lowest BCUT2D eigenvalue weighted by Crippen LogP contribution is -2.18. The van der Waals surface area contributed by atoms with Gasteiger partial charge in [-0.15, -0.1) is 0 Å². The maximum absolute atomic E-state index is 12.3. The van der Waals surface area contributed by atoms with E-state index in [1.807, 2.05) is 12.1 Å². The van der Waals surface area contributed by atoms with Crippen molar-refractivity contribution in [1.29, 1.82) is 0 Å². The van der Waals surface area contributed by atoms with Crippen molar-refractivity contribution < 1.29 is 17.9 Å². The molecule has 5 heteroatoms. The summed E-state index contributed by atoms with van der Waals surface area (Å²) in [5.74, 6) is -0.375. The van der Waals surface area contributed by atoms with Crippen LogP contribution in [-0.2, 0) is 21.2 Å². The predicted molar refractivity (Wildman–Crippen MR) is 68.2 cm³/mol. The van der Waals surface area contributed by atoms with Gasteiger partial charge >= 0.3 is 0 Å². The van der Waals surface area contributed by atoms with Gasteiger partial charge in [-0.3, -0.25) is 4.79 Å². The van der Waals surface area contributed by atoms with Gasteiger partial charge in [-0.1, -0.05) is 24.3 Å². The summed E-state index contributed by atoms with van der Waals surface area (Å²) in [6.07, 6.45) is 0.433. The maximum atomic E-state index is 12.3. The number of hydrogen-bond acceptors (Lipinski definition) is 4. The van der Waals surface area contributed by atoms with Gasteiger partial charge in [0.25, 0.3) is 0 Å². The fourth-order valence-corrected chi connectivity index (χ4v) is 4.01. The van der Waals surface area contributed by atoms with Crippen LogP contribution < -0.4 is 0 Å². The largest absolute Gasteiger partial charge is 0.380 e. The Morgan fingerprint density at radius 3 is 2.72 bits per heavy atom. The molecule has 98 valence electrons. The van der Waals surface area contributed by atoms with Gasteiger partial charge in [-0.25, -0.2) is 8.42 Å². The lowest BCUT2D eigenvalue weighted by molar-refractivity contribution is 0.0928. The van der Waals surface area contributed by atoms with Crippen LogP contribution in [0.25, 0.3) is 0 Å². The number of ether oxygens (including phenoxy) is 1. The minimum absolute atomic E-state index is 0.0207. The van der Waals surface area contributed by atoms with Gasteiger partial charge in [0.15, 0.2) is 15.6 Å². The fraction of sp³-hybridized carbons (Fsp3) is 0.462. The first kappa shape index (κ1) is 13.2. The Morgan fingerprint density at radius 1 is 1.39 bits per heavy atom. The summed E-state index contributed by atoms with van der Waals surface area (Å²) in [5.41, 5.74) is 1.40. The number of ketones is 1. The summed E-state index contributed by atoms with van der Waals surface area (Å²) < 4.78 is 27.9. The van der Waals surface area contributed by atoms with Gasteiger partial charge in [-0.2, -0.15) is 0 Å². The molecule has 0 saturated carbocycles. The SMILES string of the molecule is COCc1ccccc1C(=O)C1CCS(=O)(=O)C1. The smallest absolute Gasteiger partial charge is 0.167 e. The molecule has 18 heavy (non-hydrogen) atoms. The number of methoxy groups -OCH3 is 1. The van der Waals surface area contributed by atoms with Gasteiger partial charge in [0.2, 0.25) is 0 Å². The average Bonchev–Trinajstić information content (AvgIpc) is 2.70. The predicted octanol–water partition coefficient (Wildman–Crippen LogP) is 1.45. The third kappa shape index (κ3) is 2.79. The molecule has 1 atom stereocenters. The highest BCUT2D eigenvalue weighted by Crippen LogP contribution is 2.24. The molecule has 1 aliphatic rings. The van der Waals surface area contributed by atoms with Crippen molar-refractivity contribution in [2.75, 3.05) is 18.6 Å². The Kier molecular flexibility index (Phi) is 3.82. The van der Waals surface area contributed by atoms with Crippen molar-refractivity contribution in [1.82, 2.24) is 0 Å². The van der Waals surface area contributed by atoms with E-state index in [0.29, 0.717) is 18.6 Å². The molecule has 0 N–H and O–H groups in total.